The zero-order valence-corrected chi connectivity index (χ0v) is 11.5. The lowest BCUT2D eigenvalue weighted by Gasteiger charge is -2.07. The molecule has 0 spiro atoms. The topological polar surface area (TPSA) is 9.23 Å². The largest absolute Gasteiger partial charge is 0.457 e. The van der Waals surface area contributed by atoms with Crippen LogP contribution in [0.3, 0.4) is 0 Å². The Balaban J connectivity index is 2.23. The molecule has 2 aromatic carbocycles. The Morgan fingerprint density at radius 1 is 0.812 bits per heavy atom. The molecule has 82 valence electrons. The third-order valence-electron chi connectivity index (χ3n) is 2.24. The Labute approximate surface area is 110 Å². The molecule has 0 radical (unpaired) electrons. The minimum absolute atomic E-state index is 0.880. The minimum Gasteiger partial charge on any atom is -0.457 e. The zero-order valence-electron chi connectivity index (χ0n) is 9.33. The molecule has 0 saturated heterocycles. The summed E-state index contributed by atoms with van der Waals surface area (Å²) in [5.74, 6) is 1.78. The maximum atomic E-state index is 5.79. The Morgan fingerprint density at radius 2 is 1.38 bits per heavy atom. The molecular weight excluding hydrogens is 311 g/mol. The van der Waals surface area contributed by atoms with Crippen LogP contribution in [0.5, 0.6) is 11.5 Å². The summed E-state index contributed by atoms with van der Waals surface area (Å²) in [7, 11) is 0. The molecule has 2 heteroatoms. The molecule has 2 rings (SSSR count). The lowest BCUT2D eigenvalue weighted by Crippen LogP contribution is -1.86. The normalized spacial score (nSPS) is 10.2. The third kappa shape index (κ3) is 2.98. The van der Waals surface area contributed by atoms with E-state index >= 15 is 0 Å². The number of halogens is 1. The number of hydrogen-bond acceptors (Lipinski definition) is 1. The van der Waals surface area contributed by atoms with Crippen LogP contribution in [0, 0.1) is 17.4 Å². The summed E-state index contributed by atoms with van der Waals surface area (Å²) < 4.78 is 7.00. The van der Waals surface area contributed by atoms with Crippen molar-refractivity contribution in [2.24, 2.45) is 0 Å². The highest BCUT2D eigenvalue weighted by molar-refractivity contribution is 14.1. The maximum absolute atomic E-state index is 5.79. The number of hydrogen-bond donors (Lipinski definition) is 0. The van der Waals surface area contributed by atoms with E-state index in [1.807, 2.05) is 36.4 Å². The summed E-state index contributed by atoms with van der Waals surface area (Å²) in [4.78, 5) is 0. The molecular formula is C14H13IO. The molecule has 0 saturated carbocycles. The first-order valence-electron chi connectivity index (χ1n) is 5.15. The van der Waals surface area contributed by atoms with Crippen LogP contribution < -0.4 is 4.74 Å². The van der Waals surface area contributed by atoms with E-state index in [1.165, 1.54) is 14.7 Å². The fourth-order valence-electron chi connectivity index (χ4n) is 1.63. The standard InChI is InChI=1S/C14H13IO/c1-10-7-11(2)9-14(8-10)16-13-5-3-12(15)4-6-13/h3-9H,1-2H3. The lowest BCUT2D eigenvalue weighted by molar-refractivity contribution is 0.482. The number of aryl methyl sites for hydroxylation is 2. The van der Waals surface area contributed by atoms with Gasteiger partial charge in [0, 0.05) is 3.57 Å². The van der Waals surface area contributed by atoms with Crippen molar-refractivity contribution in [3.63, 3.8) is 0 Å². The van der Waals surface area contributed by atoms with Crippen LogP contribution in [0.1, 0.15) is 11.1 Å². The summed E-state index contributed by atoms with van der Waals surface area (Å²) in [5, 5.41) is 0. The number of rotatable bonds is 2. The van der Waals surface area contributed by atoms with Crippen LogP contribution in [0.4, 0.5) is 0 Å². The molecule has 0 N–H and O–H groups in total. The Morgan fingerprint density at radius 3 is 1.94 bits per heavy atom. The van der Waals surface area contributed by atoms with E-state index in [-0.39, 0.29) is 0 Å². The van der Waals surface area contributed by atoms with Crippen LogP contribution >= 0.6 is 22.6 Å². The van der Waals surface area contributed by atoms with E-state index in [1.54, 1.807) is 0 Å². The quantitative estimate of drug-likeness (QED) is 0.728. The smallest absolute Gasteiger partial charge is 0.127 e. The van der Waals surface area contributed by atoms with E-state index in [0.29, 0.717) is 0 Å². The van der Waals surface area contributed by atoms with Gasteiger partial charge in [0.1, 0.15) is 11.5 Å². The summed E-state index contributed by atoms with van der Waals surface area (Å²) in [6.45, 7) is 4.15. The van der Waals surface area contributed by atoms with E-state index in [0.717, 1.165) is 11.5 Å². The van der Waals surface area contributed by atoms with Gasteiger partial charge in [-0.25, -0.2) is 0 Å². The Hall–Kier alpha value is -1.03. The van der Waals surface area contributed by atoms with E-state index in [4.69, 9.17) is 4.74 Å². The van der Waals surface area contributed by atoms with Gasteiger partial charge >= 0.3 is 0 Å². The van der Waals surface area contributed by atoms with Crippen molar-refractivity contribution in [3.8, 4) is 11.5 Å². The minimum atomic E-state index is 0.880. The van der Waals surface area contributed by atoms with Crippen molar-refractivity contribution in [1.82, 2.24) is 0 Å². The molecule has 0 fully saturated rings. The molecule has 2 aromatic rings. The van der Waals surface area contributed by atoms with E-state index in [2.05, 4.69) is 42.5 Å². The molecule has 0 aromatic heterocycles. The second-order valence-corrected chi connectivity index (χ2v) is 5.13. The van der Waals surface area contributed by atoms with Gasteiger partial charge in [-0.2, -0.15) is 0 Å². The summed E-state index contributed by atoms with van der Waals surface area (Å²) >= 11 is 2.28. The Kier molecular flexibility index (Phi) is 3.49. The van der Waals surface area contributed by atoms with Gasteiger partial charge in [0.2, 0.25) is 0 Å². The van der Waals surface area contributed by atoms with E-state index < -0.39 is 0 Å². The van der Waals surface area contributed by atoms with Gasteiger partial charge in [0.25, 0.3) is 0 Å². The van der Waals surface area contributed by atoms with Crippen LogP contribution in [0.25, 0.3) is 0 Å². The fraction of sp³-hybridized carbons (Fsp3) is 0.143. The van der Waals surface area contributed by atoms with Crippen LogP contribution in [-0.2, 0) is 0 Å². The first-order chi connectivity index (χ1) is 7.63. The van der Waals surface area contributed by atoms with Gasteiger partial charge in [0.05, 0.1) is 0 Å². The van der Waals surface area contributed by atoms with Crippen molar-refractivity contribution >= 4 is 22.6 Å². The van der Waals surface area contributed by atoms with Gasteiger partial charge in [-0.05, 0) is 84.0 Å². The van der Waals surface area contributed by atoms with Crippen molar-refractivity contribution in [3.05, 3.63) is 57.2 Å². The highest BCUT2D eigenvalue weighted by Gasteiger charge is 1.99. The molecule has 16 heavy (non-hydrogen) atoms. The van der Waals surface area contributed by atoms with Gasteiger partial charge < -0.3 is 4.74 Å². The fourth-order valence-corrected chi connectivity index (χ4v) is 1.99. The molecule has 0 amide bonds. The lowest BCUT2D eigenvalue weighted by atomic mass is 10.1. The molecule has 0 bridgehead atoms. The molecule has 0 aliphatic carbocycles. The average Bonchev–Trinajstić information content (AvgIpc) is 2.20. The average molecular weight is 324 g/mol. The first kappa shape index (κ1) is 11.5. The molecule has 0 aliphatic heterocycles. The molecule has 0 aliphatic rings. The monoisotopic (exact) mass is 324 g/mol. The van der Waals surface area contributed by atoms with E-state index in [9.17, 15) is 0 Å². The predicted octanol–water partition coefficient (Wildman–Crippen LogP) is 4.70. The Bertz CT molecular complexity index is 468. The second-order valence-electron chi connectivity index (χ2n) is 3.88. The molecule has 0 heterocycles. The van der Waals surface area contributed by atoms with Gasteiger partial charge in [-0.1, -0.05) is 6.07 Å². The SMILES string of the molecule is Cc1cc(C)cc(Oc2ccc(I)cc2)c1. The second kappa shape index (κ2) is 4.87. The highest BCUT2D eigenvalue weighted by Crippen LogP contribution is 2.24. The predicted molar refractivity (Wildman–Crippen MR) is 75.1 cm³/mol. The summed E-state index contributed by atoms with van der Waals surface area (Å²) in [6, 6.07) is 14.3. The van der Waals surface area contributed by atoms with Crippen molar-refractivity contribution < 1.29 is 4.74 Å². The van der Waals surface area contributed by atoms with Gasteiger partial charge in [0.15, 0.2) is 0 Å². The maximum Gasteiger partial charge on any atom is 0.127 e. The van der Waals surface area contributed by atoms with Gasteiger partial charge in [-0.3, -0.25) is 0 Å². The highest BCUT2D eigenvalue weighted by atomic mass is 127. The van der Waals surface area contributed by atoms with Crippen molar-refractivity contribution in [2.45, 2.75) is 13.8 Å². The zero-order chi connectivity index (χ0) is 11.5. The number of benzene rings is 2. The molecule has 0 atom stereocenters. The van der Waals surface area contributed by atoms with Crippen LogP contribution in [-0.4, -0.2) is 0 Å². The van der Waals surface area contributed by atoms with Crippen molar-refractivity contribution in [2.75, 3.05) is 0 Å². The third-order valence-corrected chi connectivity index (χ3v) is 2.96. The van der Waals surface area contributed by atoms with Crippen LogP contribution in [0.2, 0.25) is 0 Å². The summed E-state index contributed by atoms with van der Waals surface area (Å²) in [5.41, 5.74) is 2.45. The summed E-state index contributed by atoms with van der Waals surface area (Å²) in [6.07, 6.45) is 0. The molecule has 0 unspecified atom stereocenters. The van der Waals surface area contributed by atoms with Crippen LogP contribution in [0.15, 0.2) is 42.5 Å². The first-order valence-corrected chi connectivity index (χ1v) is 6.23. The molecule has 1 nitrogen and oxygen atoms in total. The number of ether oxygens (including phenoxy) is 1. The van der Waals surface area contributed by atoms with Gasteiger partial charge in [-0.15, -0.1) is 0 Å². The van der Waals surface area contributed by atoms with Crippen molar-refractivity contribution in [1.29, 1.82) is 0 Å².